The number of hydrogen-bond donors (Lipinski definition) is 2. The van der Waals surface area contributed by atoms with E-state index in [2.05, 4.69) is 10.6 Å². The number of terminal acetylenes is 1. The van der Waals surface area contributed by atoms with Crippen molar-refractivity contribution in [1.82, 2.24) is 4.72 Å². The van der Waals surface area contributed by atoms with Gasteiger partial charge in [-0.3, -0.25) is 0 Å². The molecule has 0 aliphatic heterocycles. The van der Waals surface area contributed by atoms with Crippen LogP contribution in [0.15, 0.2) is 17.0 Å². The highest BCUT2D eigenvalue weighted by molar-refractivity contribution is 7.89. The number of halogens is 1. The van der Waals surface area contributed by atoms with Crippen molar-refractivity contribution in [2.24, 2.45) is 0 Å². The predicted octanol–water partition coefficient (Wildman–Crippen LogP) is 2.04. The van der Waals surface area contributed by atoms with Crippen molar-refractivity contribution in [3.8, 4) is 12.3 Å². The fraction of sp³-hybridized carbons (Fsp3) is 0.308. The largest absolute Gasteiger partial charge is 0.478 e. The molecule has 1 atom stereocenters. The van der Waals surface area contributed by atoms with Crippen LogP contribution in [0.3, 0.4) is 0 Å². The van der Waals surface area contributed by atoms with Gasteiger partial charge in [0, 0.05) is 5.02 Å². The zero-order valence-electron chi connectivity index (χ0n) is 11.0. The highest BCUT2D eigenvalue weighted by atomic mass is 35.5. The summed E-state index contributed by atoms with van der Waals surface area (Å²) in [4.78, 5) is 10.9. The Morgan fingerprint density at radius 2 is 2.15 bits per heavy atom. The Balaban J connectivity index is 3.40. The number of benzene rings is 1. The molecule has 0 saturated carbocycles. The van der Waals surface area contributed by atoms with Crippen molar-refractivity contribution in [3.05, 3.63) is 28.3 Å². The van der Waals surface area contributed by atoms with Crippen LogP contribution >= 0.6 is 11.6 Å². The Morgan fingerprint density at radius 3 is 2.60 bits per heavy atom. The molecule has 1 aromatic carbocycles. The number of carboxylic acid groups (broad SMARTS) is 1. The van der Waals surface area contributed by atoms with Gasteiger partial charge in [-0.15, -0.1) is 6.42 Å². The number of sulfonamides is 1. The van der Waals surface area contributed by atoms with Gasteiger partial charge in [-0.1, -0.05) is 24.4 Å². The molecular formula is C13H14ClNO4S. The molecule has 5 nitrogen and oxygen atoms in total. The van der Waals surface area contributed by atoms with Crippen LogP contribution in [-0.2, 0) is 10.0 Å². The van der Waals surface area contributed by atoms with E-state index in [1.54, 1.807) is 6.92 Å². The molecule has 0 radical (unpaired) electrons. The molecule has 1 aromatic rings. The van der Waals surface area contributed by atoms with E-state index in [0.29, 0.717) is 6.42 Å². The minimum atomic E-state index is -3.93. The van der Waals surface area contributed by atoms with E-state index in [1.165, 1.54) is 19.1 Å². The molecule has 2 N–H and O–H groups in total. The van der Waals surface area contributed by atoms with E-state index >= 15 is 0 Å². The Hall–Kier alpha value is -1.55. The fourth-order valence-electron chi connectivity index (χ4n) is 1.64. The number of nitrogens with one attached hydrogen (secondary N) is 1. The smallest absolute Gasteiger partial charge is 0.336 e. The summed E-state index contributed by atoms with van der Waals surface area (Å²) in [6.45, 7) is 3.14. The fourth-order valence-corrected chi connectivity index (χ4v) is 3.46. The first kappa shape index (κ1) is 16.5. The number of carboxylic acids is 1. The average molecular weight is 316 g/mol. The second kappa shape index (κ2) is 6.27. The molecule has 7 heteroatoms. The summed E-state index contributed by atoms with van der Waals surface area (Å²) in [7, 11) is -3.93. The minimum Gasteiger partial charge on any atom is -0.478 e. The Labute approximate surface area is 123 Å². The van der Waals surface area contributed by atoms with Crippen LogP contribution < -0.4 is 4.72 Å². The van der Waals surface area contributed by atoms with Gasteiger partial charge in [0.2, 0.25) is 10.0 Å². The third kappa shape index (κ3) is 3.51. The Bertz CT molecular complexity index is 676. The van der Waals surface area contributed by atoms with Gasteiger partial charge < -0.3 is 5.11 Å². The lowest BCUT2D eigenvalue weighted by molar-refractivity contribution is 0.0696. The molecule has 0 amide bonds. The van der Waals surface area contributed by atoms with Gasteiger partial charge in [0.15, 0.2) is 0 Å². The zero-order chi connectivity index (χ0) is 15.5. The molecular weight excluding hydrogens is 302 g/mol. The van der Waals surface area contributed by atoms with Gasteiger partial charge in [0.05, 0.1) is 16.5 Å². The number of aromatic carboxylic acids is 1. The standard InChI is InChI=1S/C13H14ClNO4S/c1-4-10(5-2)15-20(18,19)12-7-9(14)6-11(8(12)3)13(16)17/h1,6-7,10,15H,5H2,2-3H3,(H,16,17). The predicted molar refractivity (Wildman–Crippen MR) is 76.4 cm³/mol. The maximum absolute atomic E-state index is 12.3. The Morgan fingerprint density at radius 1 is 1.55 bits per heavy atom. The molecule has 0 aromatic heterocycles. The summed E-state index contributed by atoms with van der Waals surface area (Å²) < 4.78 is 26.8. The highest BCUT2D eigenvalue weighted by Crippen LogP contribution is 2.24. The monoisotopic (exact) mass is 315 g/mol. The molecule has 1 unspecified atom stereocenters. The summed E-state index contributed by atoms with van der Waals surface area (Å²) in [5.74, 6) is 1.06. The van der Waals surface area contributed by atoms with Crippen molar-refractivity contribution < 1.29 is 18.3 Å². The summed E-state index contributed by atoms with van der Waals surface area (Å²) in [6.07, 6.45) is 5.64. The quantitative estimate of drug-likeness (QED) is 0.814. The molecule has 0 saturated heterocycles. The van der Waals surface area contributed by atoms with Crippen LogP contribution in [-0.4, -0.2) is 25.5 Å². The van der Waals surface area contributed by atoms with Crippen molar-refractivity contribution in [2.45, 2.75) is 31.2 Å². The first-order valence-corrected chi connectivity index (χ1v) is 7.61. The van der Waals surface area contributed by atoms with E-state index in [-0.39, 0.29) is 21.0 Å². The van der Waals surface area contributed by atoms with Crippen LogP contribution in [0.4, 0.5) is 0 Å². The van der Waals surface area contributed by atoms with Gasteiger partial charge in [0.1, 0.15) is 0 Å². The molecule has 1 rings (SSSR count). The van der Waals surface area contributed by atoms with Crippen molar-refractivity contribution in [3.63, 3.8) is 0 Å². The first-order chi connectivity index (χ1) is 9.22. The molecule has 108 valence electrons. The van der Waals surface area contributed by atoms with Gasteiger partial charge in [-0.05, 0) is 31.0 Å². The van der Waals surface area contributed by atoms with E-state index in [0.717, 1.165) is 0 Å². The second-order valence-corrected chi connectivity index (χ2v) is 6.25. The van der Waals surface area contributed by atoms with Crippen LogP contribution in [0.25, 0.3) is 0 Å². The number of rotatable bonds is 5. The van der Waals surface area contributed by atoms with Crippen LogP contribution in [0.1, 0.15) is 29.3 Å². The van der Waals surface area contributed by atoms with E-state index in [1.807, 2.05) is 0 Å². The number of carbonyl (C=O) groups is 1. The van der Waals surface area contributed by atoms with Crippen LogP contribution in [0.2, 0.25) is 5.02 Å². The van der Waals surface area contributed by atoms with Gasteiger partial charge >= 0.3 is 5.97 Å². The first-order valence-electron chi connectivity index (χ1n) is 5.74. The van der Waals surface area contributed by atoms with Gasteiger partial charge in [0.25, 0.3) is 0 Å². The molecule has 20 heavy (non-hydrogen) atoms. The third-order valence-corrected chi connectivity index (χ3v) is 4.57. The molecule has 0 spiro atoms. The van der Waals surface area contributed by atoms with Crippen molar-refractivity contribution in [2.75, 3.05) is 0 Å². The van der Waals surface area contributed by atoms with Gasteiger partial charge in [-0.2, -0.15) is 4.72 Å². The summed E-state index contributed by atoms with van der Waals surface area (Å²) >= 11 is 5.78. The van der Waals surface area contributed by atoms with E-state index in [4.69, 9.17) is 23.1 Å². The van der Waals surface area contributed by atoms with Crippen LogP contribution in [0.5, 0.6) is 0 Å². The highest BCUT2D eigenvalue weighted by Gasteiger charge is 2.23. The Kier molecular flexibility index (Phi) is 5.17. The third-order valence-electron chi connectivity index (χ3n) is 2.75. The maximum atomic E-state index is 12.3. The lowest BCUT2D eigenvalue weighted by Gasteiger charge is -2.14. The molecule has 0 aliphatic carbocycles. The van der Waals surface area contributed by atoms with Gasteiger partial charge in [-0.25, -0.2) is 13.2 Å². The molecule has 0 bridgehead atoms. The molecule has 0 fully saturated rings. The minimum absolute atomic E-state index is 0.0298. The topological polar surface area (TPSA) is 83.5 Å². The lowest BCUT2D eigenvalue weighted by Crippen LogP contribution is -2.33. The number of hydrogen-bond acceptors (Lipinski definition) is 3. The molecule has 0 aliphatic rings. The SMILES string of the molecule is C#CC(CC)NS(=O)(=O)c1cc(Cl)cc(C(=O)O)c1C. The lowest BCUT2D eigenvalue weighted by atomic mass is 10.1. The second-order valence-electron chi connectivity index (χ2n) is 4.13. The maximum Gasteiger partial charge on any atom is 0.336 e. The van der Waals surface area contributed by atoms with Crippen molar-refractivity contribution >= 4 is 27.6 Å². The molecule has 0 heterocycles. The van der Waals surface area contributed by atoms with E-state index < -0.39 is 22.0 Å². The summed E-state index contributed by atoms with van der Waals surface area (Å²) in [6, 6.07) is 1.75. The van der Waals surface area contributed by atoms with E-state index in [9.17, 15) is 13.2 Å². The van der Waals surface area contributed by atoms with Crippen molar-refractivity contribution in [1.29, 1.82) is 0 Å². The summed E-state index contributed by atoms with van der Waals surface area (Å²) in [5.41, 5.74) is -0.0482. The van der Waals surface area contributed by atoms with Crippen LogP contribution in [0, 0.1) is 19.3 Å². The zero-order valence-corrected chi connectivity index (χ0v) is 12.5. The summed E-state index contributed by atoms with van der Waals surface area (Å²) in [5, 5.41) is 9.08. The average Bonchev–Trinajstić information content (AvgIpc) is 2.37. The normalized spacial score (nSPS) is 12.7.